The van der Waals surface area contributed by atoms with Crippen LogP contribution in [-0.4, -0.2) is 43.0 Å². The van der Waals surface area contributed by atoms with Crippen LogP contribution >= 0.6 is 11.8 Å². The van der Waals surface area contributed by atoms with Gasteiger partial charge in [-0.25, -0.2) is 8.42 Å². The Labute approximate surface area is 125 Å². The molecular weight excluding hydrogens is 292 g/mol. The predicted octanol–water partition coefficient (Wildman–Crippen LogP) is 1.81. The molecule has 2 saturated heterocycles. The van der Waals surface area contributed by atoms with E-state index in [4.69, 9.17) is 0 Å². The number of rotatable bonds is 2. The monoisotopic (exact) mass is 312 g/mol. The van der Waals surface area contributed by atoms with E-state index < -0.39 is 10.0 Å². The van der Waals surface area contributed by atoms with Crippen molar-refractivity contribution in [3.05, 3.63) is 29.8 Å². The number of aryl methyl sites for hydroxylation is 1. The van der Waals surface area contributed by atoms with E-state index in [1.807, 2.05) is 19.1 Å². The van der Waals surface area contributed by atoms with Gasteiger partial charge in [0.25, 0.3) is 0 Å². The zero-order valence-corrected chi connectivity index (χ0v) is 13.3. The van der Waals surface area contributed by atoms with E-state index in [0.717, 1.165) is 37.2 Å². The highest BCUT2D eigenvalue weighted by atomic mass is 32.2. The molecule has 2 heterocycles. The highest BCUT2D eigenvalue weighted by molar-refractivity contribution is 8.02. The fraction of sp³-hybridized carbons (Fsp3) is 0.571. The molecule has 1 aromatic carbocycles. The number of thioether (sulfide) groups is 1. The van der Waals surface area contributed by atoms with E-state index in [9.17, 15) is 8.42 Å². The van der Waals surface area contributed by atoms with Gasteiger partial charge in [-0.2, -0.15) is 4.31 Å². The second-order valence-corrected chi connectivity index (χ2v) is 8.75. The van der Waals surface area contributed by atoms with Gasteiger partial charge in [0.15, 0.2) is 0 Å². The zero-order chi connectivity index (χ0) is 14.2. The van der Waals surface area contributed by atoms with E-state index in [0.29, 0.717) is 11.4 Å². The maximum Gasteiger partial charge on any atom is 0.244 e. The molecule has 0 unspecified atom stereocenters. The van der Waals surface area contributed by atoms with Crippen molar-refractivity contribution in [1.82, 2.24) is 9.62 Å². The van der Waals surface area contributed by atoms with Crippen molar-refractivity contribution in [3.8, 4) is 0 Å². The van der Waals surface area contributed by atoms with Crippen molar-refractivity contribution in [2.24, 2.45) is 0 Å². The quantitative estimate of drug-likeness (QED) is 0.905. The van der Waals surface area contributed by atoms with Crippen LogP contribution in [0.2, 0.25) is 0 Å². The van der Waals surface area contributed by atoms with E-state index in [-0.39, 0.29) is 4.87 Å². The molecule has 1 spiro atoms. The summed E-state index contributed by atoms with van der Waals surface area (Å²) in [5.74, 6) is 0.894. The normalized spacial score (nSPS) is 23.2. The zero-order valence-electron chi connectivity index (χ0n) is 11.6. The van der Waals surface area contributed by atoms with Crippen LogP contribution in [0.25, 0.3) is 0 Å². The second kappa shape index (κ2) is 5.33. The number of piperidine rings is 1. The molecule has 0 radical (unpaired) electrons. The van der Waals surface area contributed by atoms with Crippen LogP contribution in [0, 0.1) is 6.92 Å². The van der Waals surface area contributed by atoms with Gasteiger partial charge >= 0.3 is 0 Å². The van der Waals surface area contributed by atoms with Gasteiger partial charge in [-0.1, -0.05) is 17.7 Å². The van der Waals surface area contributed by atoms with E-state index >= 15 is 0 Å². The standard InChI is InChI=1S/C14H20N2O2S2/c1-12-2-4-13(5-3-12)20(17,18)16-10-11-19-14(16)6-8-15-9-7-14/h2-5,15H,6-11H2,1H3. The van der Waals surface area contributed by atoms with E-state index in [2.05, 4.69) is 5.32 Å². The number of nitrogens with one attached hydrogen (secondary N) is 1. The van der Waals surface area contributed by atoms with Gasteiger partial charge in [-0.3, -0.25) is 0 Å². The fourth-order valence-electron chi connectivity index (χ4n) is 2.98. The maximum atomic E-state index is 12.9. The fourth-order valence-corrected chi connectivity index (χ4v) is 6.62. The topological polar surface area (TPSA) is 49.4 Å². The van der Waals surface area contributed by atoms with Gasteiger partial charge in [0, 0.05) is 12.3 Å². The summed E-state index contributed by atoms with van der Waals surface area (Å²) in [6.07, 6.45) is 1.78. The summed E-state index contributed by atoms with van der Waals surface area (Å²) in [7, 11) is -3.38. The summed E-state index contributed by atoms with van der Waals surface area (Å²) < 4.78 is 27.6. The Kier molecular flexibility index (Phi) is 3.83. The molecule has 0 amide bonds. The molecule has 0 saturated carbocycles. The average Bonchev–Trinajstić information content (AvgIpc) is 2.84. The van der Waals surface area contributed by atoms with Gasteiger partial charge in [-0.15, -0.1) is 11.8 Å². The number of hydrogen-bond donors (Lipinski definition) is 1. The van der Waals surface area contributed by atoms with Crippen LogP contribution < -0.4 is 5.32 Å². The number of sulfonamides is 1. The Balaban J connectivity index is 1.95. The van der Waals surface area contributed by atoms with Crippen LogP contribution in [-0.2, 0) is 10.0 Å². The summed E-state index contributed by atoms with van der Waals surface area (Å²) in [6, 6.07) is 7.18. The molecule has 1 aromatic rings. The second-order valence-electron chi connectivity index (χ2n) is 5.43. The third kappa shape index (κ3) is 2.39. The SMILES string of the molecule is Cc1ccc(S(=O)(=O)N2CCSC23CCNCC3)cc1. The summed E-state index contributed by atoms with van der Waals surface area (Å²) in [4.78, 5) is 0.193. The molecule has 1 N–H and O–H groups in total. The van der Waals surface area contributed by atoms with Crippen LogP contribution in [0.15, 0.2) is 29.2 Å². The van der Waals surface area contributed by atoms with Crippen LogP contribution in [0.5, 0.6) is 0 Å². The highest BCUT2D eigenvalue weighted by Crippen LogP contribution is 2.45. The van der Waals surface area contributed by atoms with Crippen molar-refractivity contribution >= 4 is 21.8 Å². The van der Waals surface area contributed by atoms with E-state index in [1.54, 1.807) is 28.2 Å². The lowest BCUT2D eigenvalue weighted by Gasteiger charge is -2.39. The molecule has 0 aliphatic carbocycles. The summed E-state index contributed by atoms with van der Waals surface area (Å²) in [5, 5.41) is 3.32. The van der Waals surface area contributed by atoms with Gasteiger partial charge in [0.05, 0.1) is 9.77 Å². The van der Waals surface area contributed by atoms with Gasteiger partial charge in [-0.05, 0) is 45.0 Å². The third-order valence-corrected chi connectivity index (χ3v) is 7.76. The van der Waals surface area contributed by atoms with Crippen molar-refractivity contribution in [1.29, 1.82) is 0 Å². The predicted molar refractivity (Wildman–Crippen MR) is 82.4 cm³/mol. The van der Waals surface area contributed by atoms with E-state index in [1.165, 1.54) is 0 Å². The summed E-state index contributed by atoms with van der Waals surface area (Å²) >= 11 is 1.81. The van der Waals surface area contributed by atoms with Crippen molar-refractivity contribution in [2.75, 3.05) is 25.4 Å². The smallest absolute Gasteiger partial charge is 0.244 e. The molecule has 6 heteroatoms. The minimum atomic E-state index is -3.38. The molecule has 0 aromatic heterocycles. The molecule has 2 aliphatic rings. The Morgan fingerprint density at radius 1 is 1.20 bits per heavy atom. The maximum absolute atomic E-state index is 12.9. The molecule has 20 heavy (non-hydrogen) atoms. The minimum Gasteiger partial charge on any atom is -0.317 e. The molecule has 110 valence electrons. The van der Waals surface area contributed by atoms with Crippen LogP contribution in [0.1, 0.15) is 18.4 Å². The molecule has 2 aliphatic heterocycles. The molecule has 0 bridgehead atoms. The Hall–Kier alpha value is -0.560. The Morgan fingerprint density at radius 3 is 2.50 bits per heavy atom. The Morgan fingerprint density at radius 2 is 1.85 bits per heavy atom. The van der Waals surface area contributed by atoms with Gasteiger partial charge < -0.3 is 5.32 Å². The first-order valence-corrected chi connectivity index (χ1v) is 9.41. The minimum absolute atomic E-state index is 0.227. The van der Waals surface area contributed by atoms with Crippen LogP contribution in [0.4, 0.5) is 0 Å². The number of hydrogen-bond acceptors (Lipinski definition) is 4. The molecule has 4 nitrogen and oxygen atoms in total. The van der Waals surface area contributed by atoms with Crippen molar-refractivity contribution in [2.45, 2.75) is 29.5 Å². The number of benzene rings is 1. The number of nitrogens with zero attached hydrogens (tertiary/aromatic N) is 1. The lowest BCUT2D eigenvalue weighted by atomic mass is 10.1. The van der Waals surface area contributed by atoms with Crippen molar-refractivity contribution in [3.63, 3.8) is 0 Å². The first-order valence-electron chi connectivity index (χ1n) is 6.99. The molecular formula is C14H20N2O2S2. The highest BCUT2D eigenvalue weighted by Gasteiger charge is 2.48. The Bertz CT molecular complexity index is 578. The first kappa shape index (κ1) is 14.4. The van der Waals surface area contributed by atoms with Gasteiger partial charge in [0.2, 0.25) is 10.0 Å². The average molecular weight is 312 g/mol. The summed E-state index contributed by atoms with van der Waals surface area (Å²) in [6.45, 7) is 4.39. The van der Waals surface area contributed by atoms with Crippen LogP contribution in [0.3, 0.4) is 0 Å². The largest absolute Gasteiger partial charge is 0.317 e. The van der Waals surface area contributed by atoms with Crippen molar-refractivity contribution < 1.29 is 8.42 Å². The molecule has 3 rings (SSSR count). The lowest BCUT2D eigenvalue weighted by molar-refractivity contribution is 0.253. The summed E-state index contributed by atoms with van der Waals surface area (Å²) in [5.41, 5.74) is 1.08. The van der Waals surface area contributed by atoms with Gasteiger partial charge in [0.1, 0.15) is 0 Å². The molecule has 0 atom stereocenters. The first-order chi connectivity index (χ1) is 9.55. The third-order valence-electron chi connectivity index (χ3n) is 4.11. The molecule has 2 fully saturated rings. The lowest BCUT2D eigenvalue weighted by Crippen LogP contribution is -2.51.